The maximum atomic E-state index is 12.8. The van der Waals surface area contributed by atoms with Crippen LogP contribution in [0, 0.1) is 0 Å². The summed E-state index contributed by atoms with van der Waals surface area (Å²) in [5.74, 6) is -0.189. The molecule has 1 aliphatic rings. The quantitative estimate of drug-likeness (QED) is 0.626. The van der Waals surface area contributed by atoms with Gasteiger partial charge in [-0.05, 0) is 36.0 Å². The van der Waals surface area contributed by atoms with Crippen molar-refractivity contribution in [2.45, 2.75) is 31.9 Å². The van der Waals surface area contributed by atoms with Crippen LogP contribution in [-0.2, 0) is 17.7 Å². The Morgan fingerprint density at radius 3 is 2.47 bits per heavy atom. The lowest BCUT2D eigenvalue weighted by atomic mass is 9.92. The fraction of sp³-hybridized carbons (Fsp3) is 0.250. The highest BCUT2D eigenvalue weighted by atomic mass is 16.7. The molecule has 0 saturated carbocycles. The summed E-state index contributed by atoms with van der Waals surface area (Å²) in [4.78, 5) is 23.9. The summed E-state index contributed by atoms with van der Waals surface area (Å²) < 4.78 is 12.2. The minimum absolute atomic E-state index is 0.189. The second-order valence-corrected chi connectivity index (χ2v) is 7.36. The van der Waals surface area contributed by atoms with E-state index in [4.69, 9.17) is 14.6 Å². The molecule has 0 saturated heterocycles. The fourth-order valence-electron chi connectivity index (χ4n) is 4.08. The molecule has 0 aliphatic heterocycles. The highest BCUT2D eigenvalue weighted by molar-refractivity contribution is 5.63. The number of aromatic nitrogens is 1. The van der Waals surface area contributed by atoms with Crippen LogP contribution in [0.3, 0.4) is 0 Å². The second-order valence-electron chi connectivity index (χ2n) is 7.36. The second kappa shape index (κ2) is 8.55. The predicted octanol–water partition coefficient (Wildman–Crippen LogP) is 4.64. The van der Waals surface area contributed by atoms with E-state index in [1.807, 2.05) is 34.9 Å². The molecule has 1 aromatic heterocycles. The molecular formula is C24H23NO5. The van der Waals surface area contributed by atoms with Crippen LogP contribution in [-0.4, -0.2) is 22.9 Å². The minimum Gasteiger partial charge on any atom is -0.449 e. The number of hydrogen-bond donors (Lipinski definition) is 1. The third-order valence-electron chi connectivity index (χ3n) is 5.50. The van der Waals surface area contributed by atoms with Crippen molar-refractivity contribution >= 4 is 6.16 Å². The highest BCUT2D eigenvalue weighted by Crippen LogP contribution is 2.32. The predicted molar refractivity (Wildman–Crippen MR) is 113 cm³/mol. The molecule has 3 aromatic rings. The normalized spacial score (nSPS) is 15.4. The molecule has 6 heteroatoms. The van der Waals surface area contributed by atoms with Crippen LogP contribution >= 0.6 is 0 Å². The van der Waals surface area contributed by atoms with Crippen molar-refractivity contribution in [1.29, 1.82) is 0 Å². The van der Waals surface area contributed by atoms with Crippen LogP contribution in [0.2, 0.25) is 0 Å². The van der Waals surface area contributed by atoms with E-state index in [9.17, 15) is 9.59 Å². The average molecular weight is 405 g/mol. The molecule has 4 rings (SSSR count). The third kappa shape index (κ3) is 4.00. The van der Waals surface area contributed by atoms with Crippen LogP contribution in [0.5, 0.6) is 5.75 Å². The van der Waals surface area contributed by atoms with Crippen molar-refractivity contribution in [2.24, 2.45) is 0 Å². The average Bonchev–Trinajstić information content (AvgIpc) is 2.77. The first-order chi connectivity index (χ1) is 14.6. The van der Waals surface area contributed by atoms with E-state index in [1.165, 1.54) is 6.20 Å². The van der Waals surface area contributed by atoms with Gasteiger partial charge in [0.15, 0.2) is 5.75 Å². The topological polar surface area (TPSA) is 77.8 Å². The minimum atomic E-state index is -1.50. The van der Waals surface area contributed by atoms with Gasteiger partial charge in [0.1, 0.15) is 0 Å². The Morgan fingerprint density at radius 1 is 1.10 bits per heavy atom. The van der Waals surface area contributed by atoms with Crippen LogP contribution < -0.4 is 10.2 Å². The van der Waals surface area contributed by atoms with E-state index in [2.05, 4.69) is 24.3 Å². The maximum Gasteiger partial charge on any atom is 0.511 e. The van der Waals surface area contributed by atoms with Crippen LogP contribution in [0.4, 0.5) is 4.79 Å². The number of methoxy groups -OCH3 is 1. The van der Waals surface area contributed by atoms with Crippen LogP contribution in [0.25, 0.3) is 11.1 Å². The van der Waals surface area contributed by atoms with E-state index in [1.54, 1.807) is 7.11 Å². The highest BCUT2D eigenvalue weighted by Gasteiger charge is 2.28. The number of nitrogens with zero attached hydrogens (tertiary/aromatic N) is 1. The van der Waals surface area contributed by atoms with E-state index < -0.39 is 11.6 Å². The van der Waals surface area contributed by atoms with E-state index >= 15 is 0 Å². The Hall–Kier alpha value is -3.38. The molecule has 30 heavy (non-hydrogen) atoms. The third-order valence-corrected chi connectivity index (χ3v) is 5.50. The van der Waals surface area contributed by atoms with Gasteiger partial charge in [0.2, 0.25) is 5.43 Å². The summed E-state index contributed by atoms with van der Waals surface area (Å²) in [6.07, 6.45) is 2.00. The lowest BCUT2D eigenvalue weighted by Gasteiger charge is -2.27. The van der Waals surface area contributed by atoms with E-state index in [-0.39, 0.29) is 11.9 Å². The van der Waals surface area contributed by atoms with Crippen molar-refractivity contribution in [2.75, 3.05) is 7.11 Å². The maximum absolute atomic E-state index is 12.8. The summed E-state index contributed by atoms with van der Waals surface area (Å²) in [6.45, 7) is 0.504. The number of fused-ring (bicyclic) bond motifs is 1. The van der Waals surface area contributed by atoms with Crippen molar-refractivity contribution < 1.29 is 19.4 Å². The lowest BCUT2D eigenvalue weighted by molar-refractivity contribution is 0.0850. The van der Waals surface area contributed by atoms with Gasteiger partial charge in [-0.1, -0.05) is 54.6 Å². The summed E-state index contributed by atoms with van der Waals surface area (Å²) in [5, 5.41) is 9.04. The number of hydrogen-bond acceptors (Lipinski definition) is 4. The van der Waals surface area contributed by atoms with Gasteiger partial charge in [0.25, 0.3) is 0 Å². The Balaban J connectivity index is 1.71. The number of ether oxygens (including phenoxy) is 2. The van der Waals surface area contributed by atoms with Gasteiger partial charge in [0.05, 0.1) is 17.9 Å². The van der Waals surface area contributed by atoms with Gasteiger partial charge in [-0.25, -0.2) is 4.79 Å². The SMILES string of the molecule is COC1CCCc2c1c(=O)c(OC(=O)O)cn2Cc1ccc(-c2ccccc2)cc1. The van der Waals surface area contributed by atoms with Gasteiger partial charge in [0, 0.05) is 19.3 Å². The van der Waals surface area contributed by atoms with E-state index in [0.29, 0.717) is 12.1 Å². The van der Waals surface area contributed by atoms with Gasteiger partial charge in [-0.15, -0.1) is 0 Å². The summed E-state index contributed by atoms with van der Waals surface area (Å²) in [6, 6.07) is 18.3. The first kappa shape index (κ1) is 19.9. The zero-order valence-electron chi connectivity index (χ0n) is 16.7. The van der Waals surface area contributed by atoms with Crippen molar-refractivity contribution in [3.05, 3.63) is 87.8 Å². The molecule has 1 heterocycles. The molecule has 1 unspecified atom stereocenters. The van der Waals surface area contributed by atoms with Crippen molar-refractivity contribution in [1.82, 2.24) is 4.57 Å². The van der Waals surface area contributed by atoms with Crippen molar-refractivity contribution in [3.8, 4) is 16.9 Å². The standard InChI is InChI=1S/C24H23NO5/c1-29-20-9-5-8-19-22(20)23(26)21(30-24(27)28)15-25(19)14-16-10-12-18(13-11-16)17-6-3-2-4-7-17/h2-4,6-7,10-13,15,20H,5,8-9,14H2,1H3,(H,27,28). The zero-order valence-corrected chi connectivity index (χ0v) is 16.7. The van der Waals surface area contributed by atoms with Crippen LogP contribution in [0.1, 0.15) is 35.8 Å². The van der Waals surface area contributed by atoms with Gasteiger partial charge < -0.3 is 19.1 Å². The Bertz CT molecular complexity index is 1100. The molecule has 1 aliphatic carbocycles. The van der Waals surface area contributed by atoms with Crippen molar-refractivity contribution in [3.63, 3.8) is 0 Å². The fourth-order valence-corrected chi connectivity index (χ4v) is 4.08. The lowest BCUT2D eigenvalue weighted by Crippen LogP contribution is -2.28. The molecule has 0 radical (unpaired) electrons. The van der Waals surface area contributed by atoms with Crippen LogP contribution in [0.15, 0.2) is 65.6 Å². The summed E-state index contributed by atoms with van der Waals surface area (Å²) in [5.41, 5.74) is 4.28. The number of benzene rings is 2. The Labute approximate surface area is 174 Å². The first-order valence-electron chi connectivity index (χ1n) is 9.91. The van der Waals surface area contributed by atoms with Gasteiger partial charge >= 0.3 is 6.16 Å². The van der Waals surface area contributed by atoms with Gasteiger partial charge in [-0.3, -0.25) is 4.79 Å². The summed E-state index contributed by atoms with van der Waals surface area (Å²) in [7, 11) is 1.57. The van der Waals surface area contributed by atoms with E-state index in [0.717, 1.165) is 41.6 Å². The van der Waals surface area contributed by atoms with Gasteiger partial charge in [-0.2, -0.15) is 0 Å². The molecule has 0 spiro atoms. The number of carbonyl (C=O) groups is 1. The Kier molecular flexibility index (Phi) is 5.68. The molecule has 2 aromatic carbocycles. The molecule has 0 amide bonds. The smallest absolute Gasteiger partial charge is 0.449 e. The largest absolute Gasteiger partial charge is 0.511 e. The summed E-state index contributed by atoms with van der Waals surface area (Å²) >= 11 is 0. The number of rotatable bonds is 5. The monoisotopic (exact) mass is 405 g/mol. The molecule has 0 fully saturated rings. The first-order valence-corrected chi connectivity index (χ1v) is 9.91. The molecule has 1 atom stereocenters. The number of carboxylic acid groups (broad SMARTS) is 1. The zero-order chi connectivity index (χ0) is 21.1. The molecule has 0 bridgehead atoms. The molecule has 154 valence electrons. The molecule has 6 nitrogen and oxygen atoms in total. The Morgan fingerprint density at radius 2 is 1.80 bits per heavy atom. The molecule has 1 N–H and O–H groups in total. The number of pyridine rings is 1. The molecular weight excluding hydrogens is 382 g/mol.